The van der Waals surface area contributed by atoms with Crippen molar-refractivity contribution in [2.24, 2.45) is 0 Å². The molecule has 3 nitrogen and oxygen atoms in total. The number of ether oxygens (including phenoxy) is 1. The molecule has 0 saturated heterocycles. The molecule has 2 aromatic rings. The molecule has 21 heavy (non-hydrogen) atoms. The van der Waals surface area contributed by atoms with Gasteiger partial charge in [0.25, 0.3) is 0 Å². The topological polar surface area (TPSA) is 46.5 Å². The van der Waals surface area contributed by atoms with Crippen molar-refractivity contribution in [1.29, 1.82) is 0 Å². The maximum atomic E-state index is 11.5. The van der Waals surface area contributed by atoms with Crippen LogP contribution >= 0.6 is 0 Å². The Morgan fingerprint density at radius 2 is 1.76 bits per heavy atom. The van der Waals surface area contributed by atoms with E-state index in [1.807, 2.05) is 30.3 Å². The Labute approximate surface area is 124 Å². The molecule has 0 heterocycles. The lowest BCUT2D eigenvalue weighted by atomic mass is 10.2. The number of benzene rings is 2. The second kappa shape index (κ2) is 7.76. The highest BCUT2D eigenvalue weighted by molar-refractivity contribution is 5.69. The van der Waals surface area contributed by atoms with Crippen LogP contribution in [0.1, 0.15) is 24.0 Å². The number of carbonyl (C=O) groups is 1. The van der Waals surface area contributed by atoms with Crippen LogP contribution in [0.25, 0.3) is 0 Å². The third-order valence-electron chi connectivity index (χ3n) is 2.80. The van der Waals surface area contributed by atoms with E-state index in [0.717, 1.165) is 11.1 Å². The Morgan fingerprint density at radius 1 is 1.05 bits per heavy atom. The quantitative estimate of drug-likeness (QED) is 0.690. The van der Waals surface area contributed by atoms with E-state index in [1.165, 1.54) is 0 Å². The molecule has 0 bridgehead atoms. The summed E-state index contributed by atoms with van der Waals surface area (Å²) in [5.74, 6) is 5.81. The number of phenols is 1. The fraction of sp³-hybridized carbons (Fsp3) is 0.167. The van der Waals surface area contributed by atoms with Gasteiger partial charge in [-0.3, -0.25) is 4.79 Å². The molecule has 0 aliphatic rings. The summed E-state index contributed by atoms with van der Waals surface area (Å²) in [5.41, 5.74) is 1.78. The number of aromatic hydroxyl groups is 1. The van der Waals surface area contributed by atoms with Gasteiger partial charge < -0.3 is 9.84 Å². The van der Waals surface area contributed by atoms with Gasteiger partial charge >= 0.3 is 5.97 Å². The van der Waals surface area contributed by atoms with Gasteiger partial charge in [0.15, 0.2) is 0 Å². The summed E-state index contributed by atoms with van der Waals surface area (Å²) in [4.78, 5) is 11.5. The van der Waals surface area contributed by atoms with E-state index in [1.54, 1.807) is 24.3 Å². The summed E-state index contributed by atoms with van der Waals surface area (Å²) in [6, 6.07) is 16.2. The van der Waals surface area contributed by atoms with Gasteiger partial charge in [-0.05, 0) is 29.8 Å². The lowest BCUT2D eigenvalue weighted by molar-refractivity contribution is -0.144. The smallest absolute Gasteiger partial charge is 0.307 e. The molecule has 0 aromatic heterocycles. The van der Waals surface area contributed by atoms with Crippen molar-refractivity contribution >= 4 is 5.97 Å². The summed E-state index contributed by atoms with van der Waals surface area (Å²) < 4.78 is 5.16. The average Bonchev–Trinajstić information content (AvgIpc) is 2.52. The van der Waals surface area contributed by atoms with E-state index in [4.69, 9.17) is 9.84 Å². The van der Waals surface area contributed by atoms with Crippen LogP contribution in [0, 0.1) is 11.8 Å². The van der Waals surface area contributed by atoms with Gasteiger partial charge in [-0.15, -0.1) is 0 Å². The van der Waals surface area contributed by atoms with E-state index in [2.05, 4.69) is 11.8 Å². The van der Waals surface area contributed by atoms with E-state index < -0.39 is 0 Å². The van der Waals surface area contributed by atoms with Gasteiger partial charge in [-0.2, -0.15) is 0 Å². The van der Waals surface area contributed by atoms with Gasteiger partial charge in [-0.25, -0.2) is 0 Å². The SMILES string of the molecule is O=C(CCC#Cc1ccc(O)cc1)OCc1ccccc1. The number of carbonyl (C=O) groups excluding carboxylic acids is 1. The van der Waals surface area contributed by atoms with Gasteiger partial charge in [0, 0.05) is 12.0 Å². The summed E-state index contributed by atoms with van der Waals surface area (Å²) in [6.45, 7) is 0.297. The van der Waals surface area contributed by atoms with Gasteiger partial charge in [-0.1, -0.05) is 42.2 Å². The van der Waals surface area contributed by atoms with Gasteiger partial charge in [0.05, 0.1) is 6.42 Å². The Bertz CT molecular complexity index is 634. The van der Waals surface area contributed by atoms with Crippen molar-refractivity contribution < 1.29 is 14.6 Å². The van der Waals surface area contributed by atoms with Gasteiger partial charge in [0.1, 0.15) is 12.4 Å². The molecule has 0 fully saturated rings. The normalized spacial score (nSPS) is 9.52. The van der Waals surface area contributed by atoms with Crippen molar-refractivity contribution in [2.45, 2.75) is 19.4 Å². The molecule has 106 valence electrons. The maximum Gasteiger partial charge on any atom is 0.307 e. The number of phenolic OH excluding ortho intramolecular Hbond substituents is 1. The predicted octanol–water partition coefficient (Wildman–Crippen LogP) is 3.27. The highest BCUT2D eigenvalue weighted by Crippen LogP contribution is 2.08. The second-order valence-corrected chi connectivity index (χ2v) is 4.49. The first-order valence-corrected chi connectivity index (χ1v) is 6.71. The first kappa shape index (κ1) is 14.7. The first-order chi connectivity index (χ1) is 10.2. The Morgan fingerprint density at radius 3 is 2.48 bits per heavy atom. The molecule has 0 aliphatic heterocycles. The second-order valence-electron chi connectivity index (χ2n) is 4.49. The van der Waals surface area contributed by atoms with Crippen molar-refractivity contribution in [2.75, 3.05) is 0 Å². The predicted molar refractivity (Wildman–Crippen MR) is 80.5 cm³/mol. The molecule has 2 aromatic carbocycles. The van der Waals surface area contributed by atoms with Crippen molar-refractivity contribution in [3.05, 3.63) is 65.7 Å². The molecule has 0 amide bonds. The van der Waals surface area contributed by atoms with Gasteiger partial charge in [0.2, 0.25) is 0 Å². The minimum atomic E-state index is -0.251. The molecular weight excluding hydrogens is 264 g/mol. The van der Waals surface area contributed by atoms with Crippen molar-refractivity contribution in [1.82, 2.24) is 0 Å². The van der Waals surface area contributed by atoms with Crippen LogP contribution in [0.5, 0.6) is 5.75 Å². The fourth-order valence-corrected chi connectivity index (χ4v) is 1.68. The Hall–Kier alpha value is -2.73. The zero-order chi connectivity index (χ0) is 14.9. The van der Waals surface area contributed by atoms with Crippen molar-refractivity contribution in [3.63, 3.8) is 0 Å². The molecule has 0 spiro atoms. The van der Waals surface area contributed by atoms with E-state index in [-0.39, 0.29) is 18.1 Å². The molecule has 0 atom stereocenters. The molecule has 0 aliphatic carbocycles. The van der Waals surface area contributed by atoms with Crippen molar-refractivity contribution in [3.8, 4) is 17.6 Å². The number of esters is 1. The lowest BCUT2D eigenvalue weighted by Crippen LogP contribution is -2.03. The fourth-order valence-electron chi connectivity index (χ4n) is 1.68. The first-order valence-electron chi connectivity index (χ1n) is 6.71. The summed E-state index contributed by atoms with van der Waals surface area (Å²) >= 11 is 0. The zero-order valence-electron chi connectivity index (χ0n) is 11.6. The molecule has 0 saturated carbocycles. The lowest BCUT2D eigenvalue weighted by Gasteiger charge is -2.03. The minimum Gasteiger partial charge on any atom is -0.508 e. The minimum absolute atomic E-state index is 0.213. The van der Waals surface area contributed by atoms with Crippen LogP contribution in [0.15, 0.2) is 54.6 Å². The van der Waals surface area contributed by atoms with Crippen LogP contribution in [0.4, 0.5) is 0 Å². The maximum absolute atomic E-state index is 11.5. The Kier molecular flexibility index (Phi) is 5.42. The molecular formula is C18H16O3. The van der Waals surface area contributed by atoms with Crippen LogP contribution in [0.3, 0.4) is 0 Å². The molecule has 0 unspecified atom stereocenters. The van der Waals surface area contributed by atoms with Crippen LogP contribution in [0.2, 0.25) is 0 Å². The average molecular weight is 280 g/mol. The Balaban J connectivity index is 1.71. The molecule has 0 radical (unpaired) electrons. The molecule has 2 rings (SSSR count). The van der Waals surface area contributed by atoms with E-state index in [9.17, 15) is 4.79 Å². The standard InChI is InChI=1S/C18H16O3/c19-17-12-10-15(11-13-17)6-4-5-9-18(20)21-14-16-7-2-1-3-8-16/h1-3,7-8,10-13,19H,5,9,14H2. The molecule has 3 heteroatoms. The van der Waals surface area contributed by atoms with Crippen LogP contribution < -0.4 is 0 Å². The third kappa shape index (κ3) is 5.42. The third-order valence-corrected chi connectivity index (χ3v) is 2.80. The van der Waals surface area contributed by atoms with E-state index >= 15 is 0 Å². The van der Waals surface area contributed by atoms with Crippen LogP contribution in [-0.2, 0) is 16.1 Å². The summed E-state index contributed by atoms with van der Waals surface area (Å²) in [6.07, 6.45) is 0.729. The highest BCUT2D eigenvalue weighted by atomic mass is 16.5. The number of hydrogen-bond acceptors (Lipinski definition) is 3. The largest absolute Gasteiger partial charge is 0.508 e. The summed E-state index contributed by atoms with van der Waals surface area (Å²) in [5, 5.41) is 9.14. The monoisotopic (exact) mass is 280 g/mol. The summed E-state index contributed by atoms with van der Waals surface area (Å²) in [7, 11) is 0. The van der Waals surface area contributed by atoms with Crippen LogP contribution in [-0.4, -0.2) is 11.1 Å². The number of hydrogen-bond donors (Lipinski definition) is 1. The van der Waals surface area contributed by atoms with E-state index in [0.29, 0.717) is 13.0 Å². The highest BCUT2D eigenvalue weighted by Gasteiger charge is 2.01. The number of rotatable bonds is 4. The zero-order valence-corrected chi connectivity index (χ0v) is 11.6. The molecule has 1 N–H and O–H groups in total.